The summed E-state index contributed by atoms with van der Waals surface area (Å²) in [5, 5.41) is 1.17. The Morgan fingerprint density at radius 3 is 2.52 bits per heavy atom. The Bertz CT molecular complexity index is 963. The largest absolute Gasteiger partial charge is 0.318 e. The molecular formula is C20H16Cl2N2O. The molecule has 25 heavy (non-hydrogen) atoms. The van der Waals surface area contributed by atoms with Crippen LogP contribution >= 0.6 is 23.2 Å². The maximum absolute atomic E-state index is 13.1. The van der Waals surface area contributed by atoms with Gasteiger partial charge in [0.2, 0.25) is 0 Å². The summed E-state index contributed by atoms with van der Waals surface area (Å²) in [4.78, 5) is 14.9. The summed E-state index contributed by atoms with van der Waals surface area (Å²) in [5.41, 5.74) is 4.48. The van der Waals surface area contributed by atoms with Crippen LogP contribution in [0.4, 0.5) is 5.69 Å². The molecule has 0 N–H and O–H groups in total. The van der Waals surface area contributed by atoms with Gasteiger partial charge in [-0.1, -0.05) is 41.4 Å². The zero-order chi connectivity index (χ0) is 17.6. The number of anilines is 1. The molecule has 126 valence electrons. The minimum atomic E-state index is 0.0359. The number of rotatable bonds is 2. The highest BCUT2D eigenvalue weighted by Crippen LogP contribution is 2.32. The molecule has 1 aliphatic heterocycles. The van der Waals surface area contributed by atoms with Crippen LogP contribution in [-0.2, 0) is 6.42 Å². The molecule has 0 saturated heterocycles. The zero-order valence-electron chi connectivity index (χ0n) is 13.7. The molecule has 1 aliphatic rings. The summed E-state index contributed by atoms with van der Waals surface area (Å²) < 4.78 is 2.02. The third kappa shape index (κ3) is 2.74. The second-order valence-corrected chi connectivity index (χ2v) is 6.99. The first-order chi connectivity index (χ1) is 12.1. The fourth-order valence-corrected chi connectivity index (χ4v) is 3.92. The van der Waals surface area contributed by atoms with Crippen molar-refractivity contribution in [2.75, 3.05) is 11.4 Å². The van der Waals surface area contributed by atoms with E-state index in [-0.39, 0.29) is 5.91 Å². The Hall–Kier alpha value is -2.23. The number of halogens is 2. The van der Waals surface area contributed by atoms with Crippen molar-refractivity contribution in [3.05, 3.63) is 81.6 Å². The van der Waals surface area contributed by atoms with Crippen molar-refractivity contribution in [1.29, 1.82) is 0 Å². The summed E-state index contributed by atoms with van der Waals surface area (Å²) >= 11 is 12.4. The minimum absolute atomic E-state index is 0.0359. The molecule has 5 heteroatoms. The standard InChI is InChI=1S/C20H16Cl2N2O/c1-13-12-24(17-8-7-14(21)11-16(17)22)18-9-10-23(20(25)19(13)18)15-5-3-2-4-6-15/h2-8,11-12H,9-10H2,1H3. The third-order valence-electron chi connectivity index (χ3n) is 4.56. The molecule has 0 bridgehead atoms. The van der Waals surface area contributed by atoms with E-state index >= 15 is 0 Å². The van der Waals surface area contributed by atoms with Gasteiger partial charge in [-0.2, -0.15) is 0 Å². The molecule has 4 rings (SSSR count). The molecule has 0 unspecified atom stereocenters. The lowest BCUT2D eigenvalue weighted by atomic mass is 10.0. The van der Waals surface area contributed by atoms with Gasteiger partial charge in [-0.15, -0.1) is 0 Å². The topological polar surface area (TPSA) is 25.2 Å². The second-order valence-electron chi connectivity index (χ2n) is 6.14. The molecular weight excluding hydrogens is 355 g/mol. The molecule has 2 heterocycles. The number of benzene rings is 2. The van der Waals surface area contributed by atoms with Crippen LogP contribution in [0, 0.1) is 6.92 Å². The highest BCUT2D eigenvalue weighted by atomic mass is 35.5. The van der Waals surface area contributed by atoms with Crippen molar-refractivity contribution in [2.24, 2.45) is 0 Å². The normalized spacial score (nSPS) is 13.9. The predicted molar refractivity (Wildman–Crippen MR) is 102 cm³/mol. The quantitative estimate of drug-likeness (QED) is 0.601. The molecule has 0 radical (unpaired) electrons. The van der Waals surface area contributed by atoms with Crippen molar-refractivity contribution in [3.8, 4) is 5.69 Å². The molecule has 1 amide bonds. The third-order valence-corrected chi connectivity index (χ3v) is 5.10. The summed E-state index contributed by atoms with van der Waals surface area (Å²) in [6.45, 7) is 2.61. The first-order valence-corrected chi connectivity index (χ1v) is 8.85. The lowest BCUT2D eigenvalue weighted by molar-refractivity contribution is 0.0980. The molecule has 2 aromatic carbocycles. The number of aryl methyl sites for hydroxylation is 1. The van der Waals surface area contributed by atoms with Crippen LogP contribution in [0.2, 0.25) is 10.0 Å². The summed E-state index contributed by atoms with van der Waals surface area (Å²) in [6.07, 6.45) is 2.74. The number of para-hydroxylation sites is 1. The number of aromatic nitrogens is 1. The van der Waals surface area contributed by atoms with Crippen LogP contribution in [0.3, 0.4) is 0 Å². The monoisotopic (exact) mass is 370 g/mol. The number of amides is 1. The Morgan fingerprint density at radius 1 is 1.04 bits per heavy atom. The maximum Gasteiger partial charge on any atom is 0.260 e. The number of nitrogens with zero attached hydrogens (tertiary/aromatic N) is 2. The molecule has 0 aliphatic carbocycles. The lowest BCUT2D eigenvalue weighted by Crippen LogP contribution is -2.38. The highest BCUT2D eigenvalue weighted by molar-refractivity contribution is 6.35. The van der Waals surface area contributed by atoms with E-state index in [2.05, 4.69) is 0 Å². The molecule has 3 nitrogen and oxygen atoms in total. The number of fused-ring (bicyclic) bond motifs is 1. The van der Waals surface area contributed by atoms with Crippen molar-refractivity contribution in [1.82, 2.24) is 4.57 Å². The van der Waals surface area contributed by atoms with Crippen LogP contribution in [0.15, 0.2) is 54.7 Å². The molecule has 0 atom stereocenters. The molecule has 3 aromatic rings. The van der Waals surface area contributed by atoms with E-state index in [1.807, 2.05) is 65.1 Å². The van der Waals surface area contributed by atoms with E-state index in [0.29, 0.717) is 16.6 Å². The van der Waals surface area contributed by atoms with Crippen LogP contribution in [-0.4, -0.2) is 17.0 Å². The average Bonchev–Trinajstić information content (AvgIpc) is 2.93. The Morgan fingerprint density at radius 2 is 1.80 bits per heavy atom. The fraction of sp³-hybridized carbons (Fsp3) is 0.150. The predicted octanol–water partition coefficient (Wildman–Crippen LogP) is 5.30. The molecule has 0 fully saturated rings. The van der Waals surface area contributed by atoms with Crippen LogP contribution in [0.25, 0.3) is 5.69 Å². The van der Waals surface area contributed by atoms with Gasteiger partial charge in [-0.25, -0.2) is 0 Å². The van der Waals surface area contributed by atoms with Crippen molar-refractivity contribution in [2.45, 2.75) is 13.3 Å². The summed E-state index contributed by atoms with van der Waals surface area (Å²) in [5.74, 6) is 0.0359. The minimum Gasteiger partial charge on any atom is -0.318 e. The van der Waals surface area contributed by atoms with E-state index in [9.17, 15) is 4.79 Å². The van der Waals surface area contributed by atoms with E-state index in [0.717, 1.165) is 34.6 Å². The van der Waals surface area contributed by atoms with Gasteiger partial charge >= 0.3 is 0 Å². The SMILES string of the molecule is Cc1cn(-c2ccc(Cl)cc2Cl)c2c1C(=O)N(c1ccccc1)CC2. The van der Waals surface area contributed by atoms with Gasteiger partial charge in [0.05, 0.1) is 16.3 Å². The van der Waals surface area contributed by atoms with Gasteiger partial charge in [-0.05, 0) is 42.8 Å². The van der Waals surface area contributed by atoms with Crippen LogP contribution in [0.5, 0.6) is 0 Å². The van der Waals surface area contributed by atoms with Gasteiger partial charge < -0.3 is 9.47 Å². The first kappa shape index (κ1) is 16.2. The van der Waals surface area contributed by atoms with Gasteiger partial charge in [0, 0.05) is 35.6 Å². The van der Waals surface area contributed by atoms with Gasteiger partial charge in [0.15, 0.2) is 0 Å². The number of carbonyl (C=O) groups is 1. The zero-order valence-corrected chi connectivity index (χ0v) is 15.2. The van der Waals surface area contributed by atoms with Crippen LogP contribution in [0.1, 0.15) is 21.6 Å². The second kappa shape index (κ2) is 6.25. The Kier molecular flexibility index (Phi) is 4.06. The van der Waals surface area contributed by atoms with Crippen molar-refractivity contribution >= 4 is 34.8 Å². The van der Waals surface area contributed by atoms with Crippen molar-refractivity contribution < 1.29 is 4.79 Å². The smallest absolute Gasteiger partial charge is 0.260 e. The number of hydrogen-bond acceptors (Lipinski definition) is 1. The van der Waals surface area contributed by atoms with E-state index in [1.165, 1.54) is 0 Å². The van der Waals surface area contributed by atoms with E-state index in [1.54, 1.807) is 6.07 Å². The van der Waals surface area contributed by atoms with Gasteiger partial charge in [0.25, 0.3) is 5.91 Å². The van der Waals surface area contributed by atoms with Crippen molar-refractivity contribution in [3.63, 3.8) is 0 Å². The summed E-state index contributed by atoms with van der Waals surface area (Å²) in [7, 11) is 0. The lowest BCUT2D eigenvalue weighted by Gasteiger charge is -2.28. The molecule has 0 saturated carbocycles. The average molecular weight is 371 g/mol. The maximum atomic E-state index is 13.1. The van der Waals surface area contributed by atoms with E-state index in [4.69, 9.17) is 23.2 Å². The molecule has 0 spiro atoms. The highest BCUT2D eigenvalue weighted by Gasteiger charge is 2.30. The first-order valence-electron chi connectivity index (χ1n) is 8.09. The van der Waals surface area contributed by atoms with Gasteiger partial charge in [0.1, 0.15) is 0 Å². The number of carbonyl (C=O) groups excluding carboxylic acids is 1. The molecule has 1 aromatic heterocycles. The fourth-order valence-electron chi connectivity index (χ4n) is 3.42. The van der Waals surface area contributed by atoms with E-state index < -0.39 is 0 Å². The number of hydrogen-bond donors (Lipinski definition) is 0. The summed E-state index contributed by atoms with van der Waals surface area (Å²) in [6, 6.07) is 15.2. The van der Waals surface area contributed by atoms with Gasteiger partial charge in [-0.3, -0.25) is 4.79 Å². The Balaban J connectivity index is 1.80. The Labute approximate surface area is 156 Å². The van der Waals surface area contributed by atoms with Crippen LogP contribution < -0.4 is 4.90 Å².